The number of rotatable bonds is 9. The molecule has 3 aromatic carbocycles. The van der Waals surface area contributed by atoms with Crippen LogP contribution >= 0.6 is 0 Å². The number of hydrogen-bond acceptors (Lipinski definition) is 10. The van der Waals surface area contributed by atoms with E-state index in [0.29, 0.717) is 52.4 Å². The Balaban J connectivity index is 0.746. The normalized spacial score (nSPS) is 23.6. The number of carbonyl (C=O) groups is 4. The van der Waals surface area contributed by atoms with Crippen LogP contribution in [-0.4, -0.2) is 91.3 Å². The van der Waals surface area contributed by atoms with Crippen LogP contribution in [0.5, 0.6) is 5.75 Å². The molecule has 9 rings (SSSR count). The van der Waals surface area contributed by atoms with Crippen molar-refractivity contribution in [3.8, 4) is 11.8 Å². The third kappa shape index (κ3) is 7.83. The fourth-order valence-corrected chi connectivity index (χ4v) is 11.2. The van der Waals surface area contributed by atoms with Gasteiger partial charge in [-0.15, -0.1) is 0 Å². The van der Waals surface area contributed by atoms with E-state index < -0.39 is 22.6 Å². The van der Waals surface area contributed by atoms with Crippen LogP contribution in [0.25, 0.3) is 10.9 Å². The van der Waals surface area contributed by atoms with Crippen LogP contribution in [-0.2, 0) is 16.0 Å². The van der Waals surface area contributed by atoms with Crippen LogP contribution < -0.4 is 25.2 Å². The number of nitrogens with zero attached hydrogens (tertiary/aromatic N) is 5. The molecule has 4 aromatic rings. The number of allylic oxidation sites excluding steroid dienone is 1. The number of anilines is 2. The Morgan fingerprint density at radius 2 is 1.70 bits per heavy atom. The molecule has 1 atom stereocenters. The largest absolute Gasteiger partial charge is 0.488 e. The molecule has 3 saturated heterocycles. The number of nitrogens with one attached hydrogen (secondary N) is 2. The number of fused-ring (bicyclic) bond motifs is 2. The molecule has 0 unspecified atom stereocenters. The van der Waals surface area contributed by atoms with Crippen LogP contribution in [0.3, 0.4) is 0 Å². The second kappa shape index (κ2) is 16.5. The molecule has 13 heteroatoms. The second-order valence-electron chi connectivity index (χ2n) is 19.1. The first-order valence-electron chi connectivity index (χ1n) is 22.2. The van der Waals surface area contributed by atoms with Gasteiger partial charge in [0.05, 0.1) is 22.7 Å². The Hall–Kier alpha value is -6.13. The standard InChI is InChI=1S/C50H54FN7O5/c1-49(2)47(50(3,4)48(49)63-41-15-9-33(28-52)43-38(41)6-5-19-53-43)55-45(61)32-8-14-40(39(51)27-32)58-20-17-30(18-21-58)29-56-22-24-57(25-23-56)34-10-12-35-31(26-34)7-11-36(44(35)60)37-13-16-42(59)54-46(37)62/h5-6,8-12,14-15,19,26-27,30,37,47-48H,7,13,16-18,20-25,29H2,1-4H3,(H,55,61)(H,54,59,62)/t37-,47?,48?/m1/s1. The van der Waals surface area contributed by atoms with Gasteiger partial charge in [0.15, 0.2) is 5.78 Å². The van der Waals surface area contributed by atoms with E-state index in [-0.39, 0.29) is 47.6 Å². The van der Waals surface area contributed by atoms with Crippen molar-refractivity contribution in [2.24, 2.45) is 22.7 Å². The molecule has 2 aliphatic carbocycles. The van der Waals surface area contributed by atoms with Crippen molar-refractivity contribution in [3.63, 3.8) is 0 Å². The quantitative estimate of drug-likeness (QED) is 0.176. The van der Waals surface area contributed by atoms with E-state index in [9.17, 15) is 24.4 Å². The molecule has 0 radical (unpaired) electrons. The van der Waals surface area contributed by atoms with E-state index in [1.54, 1.807) is 24.4 Å². The molecular formula is C50H54FN7O5. The van der Waals surface area contributed by atoms with Crippen LogP contribution in [0.1, 0.15) is 85.2 Å². The molecule has 0 spiro atoms. The Morgan fingerprint density at radius 1 is 0.937 bits per heavy atom. The van der Waals surface area contributed by atoms with E-state index in [0.717, 1.165) is 75.3 Å². The molecule has 12 nitrogen and oxygen atoms in total. The lowest BCUT2D eigenvalue weighted by molar-refractivity contribution is -0.163. The van der Waals surface area contributed by atoms with E-state index in [1.165, 1.54) is 6.07 Å². The van der Waals surface area contributed by atoms with Gasteiger partial charge in [-0.1, -0.05) is 33.8 Å². The highest BCUT2D eigenvalue weighted by Gasteiger charge is 2.64. The van der Waals surface area contributed by atoms with Gasteiger partial charge in [-0.05, 0) is 97.8 Å². The highest BCUT2D eigenvalue weighted by atomic mass is 19.1. The van der Waals surface area contributed by atoms with Gasteiger partial charge in [-0.2, -0.15) is 5.26 Å². The van der Waals surface area contributed by atoms with E-state index in [4.69, 9.17) is 4.74 Å². The predicted octanol–water partition coefficient (Wildman–Crippen LogP) is 6.61. The number of nitriles is 1. The van der Waals surface area contributed by atoms with Gasteiger partial charge in [0, 0.05) is 103 Å². The summed E-state index contributed by atoms with van der Waals surface area (Å²) < 4.78 is 22.4. The van der Waals surface area contributed by atoms with Gasteiger partial charge < -0.3 is 19.9 Å². The average Bonchev–Trinajstić information content (AvgIpc) is 3.28. The monoisotopic (exact) mass is 851 g/mol. The molecule has 3 amide bonds. The smallest absolute Gasteiger partial charge is 0.251 e. The van der Waals surface area contributed by atoms with Crippen molar-refractivity contribution in [2.45, 2.75) is 71.9 Å². The van der Waals surface area contributed by atoms with Crippen molar-refractivity contribution in [3.05, 3.63) is 107 Å². The number of pyridine rings is 1. The van der Waals surface area contributed by atoms with Crippen molar-refractivity contribution >= 4 is 45.8 Å². The minimum atomic E-state index is -0.573. The summed E-state index contributed by atoms with van der Waals surface area (Å²) in [5.41, 5.74) is 4.18. The van der Waals surface area contributed by atoms with Gasteiger partial charge >= 0.3 is 0 Å². The fraction of sp³-hybridized carbons (Fsp3) is 0.440. The molecule has 1 saturated carbocycles. The molecule has 63 heavy (non-hydrogen) atoms. The Labute approximate surface area is 367 Å². The van der Waals surface area contributed by atoms with Crippen molar-refractivity contribution < 1.29 is 28.3 Å². The van der Waals surface area contributed by atoms with Crippen molar-refractivity contribution in [1.29, 1.82) is 5.26 Å². The third-order valence-electron chi connectivity index (χ3n) is 14.4. The maximum absolute atomic E-state index is 15.8. The minimum Gasteiger partial charge on any atom is -0.488 e. The SMILES string of the molecule is CC1(C)C(NC(=O)c2ccc(N3CCC(CN4CCN(c5ccc6c(c5)CC=C([C@H]5CCC(=O)NC5=O)C6=O)CC4)CC3)c(F)c2)C(C)(C)C1Oc1ccc(C#N)c2ncccc12. The number of piperazine rings is 1. The van der Waals surface area contributed by atoms with Gasteiger partial charge in [0.1, 0.15) is 23.7 Å². The van der Waals surface area contributed by atoms with Gasteiger partial charge in [0.2, 0.25) is 11.8 Å². The van der Waals surface area contributed by atoms with Crippen LogP contribution in [0, 0.1) is 39.8 Å². The minimum absolute atomic E-state index is 0.121. The number of hydrogen-bond donors (Lipinski definition) is 2. The topological polar surface area (TPSA) is 148 Å². The number of carbonyl (C=O) groups excluding carboxylic acids is 4. The van der Waals surface area contributed by atoms with Gasteiger partial charge in [0.25, 0.3) is 5.91 Å². The van der Waals surface area contributed by atoms with Gasteiger partial charge in [-0.3, -0.25) is 34.4 Å². The highest BCUT2D eigenvalue weighted by Crippen LogP contribution is 2.56. The fourth-order valence-electron chi connectivity index (χ4n) is 11.2. The number of benzene rings is 3. The van der Waals surface area contributed by atoms with Crippen LogP contribution in [0.4, 0.5) is 15.8 Å². The number of Topliss-reactive ketones (excluding diaryl/α,β-unsaturated/α-hetero) is 1. The Kier molecular flexibility index (Phi) is 11.1. The first kappa shape index (κ1) is 42.2. The van der Waals surface area contributed by atoms with E-state index in [1.807, 2.05) is 36.4 Å². The molecule has 326 valence electrons. The Bertz CT molecular complexity index is 2570. The lowest BCUT2D eigenvalue weighted by Crippen LogP contribution is -2.74. The highest BCUT2D eigenvalue weighted by molar-refractivity contribution is 6.15. The van der Waals surface area contributed by atoms with E-state index in [2.05, 4.69) is 70.1 Å². The molecule has 3 aliphatic heterocycles. The molecule has 1 aromatic heterocycles. The molecular weight excluding hydrogens is 798 g/mol. The number of ketones is 1. The van der Waals surface area contributed by atoms with E-state index >= 15 is 4.39 Å². The number of amides is 3. The summed E-state index contributed by atoms with van der Waals surface area (Å²) >= 11 is 0. The second-order valence-corrected chi connectivity index (χ2v) is 19.1. The molecule has 4 heterocycles. The summed E-state index contributed by atoms with van der Waals surface area (Å²) in [6.45, 7) is 14.4. The first-order chi connectivity index (χ1) is 30.2. The van der Waals surface area contributed by atoms with Crippen LogP contribution in [0.15, 0.2) is 78.5 Å². The molecule has 4 fully saturated rings. The summed E-state index contributed by atoms with van der Waals surface area (Å²) in [6.07, 6.45) is 6.38. The maximum atomic E-state index is 15.8. The summed E-state index contributed by atoms with van der Waals surface area (Å²) in [6, 6.07) is 20.0. The molecule has 2 N–H and O–H groups in total. The average molecular weight is 852 g/mol. The van der Waals surface area contributed by atoms with Crippen LogP contribution in [0.2, 0.25) is 0 Å². The Morgan fingerprint density at radius 3 is 2.41 bits per heavy atom. The number of aromatic nitrogens is 1. The zero-order valence-electron chi connectivity index (χ0n) is 36.4. The zero-order valence-corrected chi connectivity index (χ0v) is 36.4. The summed E-state index contributed by atoms with van der Waals surface area (Å²) in [5, 5.41) is 15.9. The number of halogens is 1. The lowest BCUT2D eigenvalue weighted by Gasteiger charge is -2.63. The summed E-state index contributed by atoms with van der Waals surface area (Å²) in [7, 11) is 0. The molecule has 0 bridgehead atoms. The number of piperidine rings is 2. The van der Waals surface area contributed by atoms with Crippen molar-refractivity contribution in [2.75, 3.05) is 55.6 Å². The van der Waals surface area contributed by atoms with Gasteiger partial charge in [-0.25, -0.2) is 4.39 Å². The summed E-state index contributed by atoms with van der Waals surface area (Å²) in [4.78, 5) is 62.5. The zero-order chi connectivity index (χ0) is 44.2. The maximum Gasteiger partial charge on any atom is 0.251 e. The predicted molar refractivity (Wildman–Crippen MR) is 238 cm³/mol. The number of ether oxygens (including phenoxy) is 1. The number of imide groups is 1. The lowest BCUT2D eigenvalue weighted by atomic mass is 9.49. The third-order valence-corrected chi connectivity index (χ3v) is 14.4. The first-order valence-corrected chi connectivity index (χ1v) is 22.2. The molecule has 5 aliphatic rings. The summed E-state index contributed by atoms with van der Waals surface area (Å²) in [5.74, 6) is -0.936. The van der Waals surface area contributed by atoms with Crippen molar-refractivity contribution in [1.82, 2.24) is 20.5 Å².